The summed E-state index contributed by atoms with van der Waals surface area (Å²) in [5, 5.41) is 4.10. The Kier molecular flexibility index (Phi) is 4.71. The topological polar surface area (TPSA) is 81.1 Å². The summed E-state index contributed by atoms with van der Waals surface area (Å²) in [4.78, 5) is 39.4. The lowest BCUT2D eigenvalue weighted by Gasteiger charge is -2.30. The van der Waals surface area contributed by atoms with E-state index in [0.717, 1.165) is 0 Å². The van der Waals surface area contributed by atoms with Crippen molar-refractivity contribution >= 4 is 46.2 Å². The van der Waals surface area contributed by atoms with Gasteiger partial charge in [-0.15, -0.1) is 0 Å². The summed E-state index contributed by atoms with van der Waals surface area (Å²) in [7, 11) is 0. The van der Waals surface area contributed by atoms with Gasteiger partial charge in [0.25, 0.3) is 5.56 Å². The Morgan fingerprint density at radius 3 is 2.75 bits per heavy atom. The molecule has 0 spiro atoms. The lowest BCUT2D eigenvalue weighted by atomic mass is 9.97. The van der Waals surface area contributed by atoms with Gasteiger partial charge in [-0.1, -0.05) is 23.2 Å². The number of hydrogen-bond donors (Lipinski definition) is 1. The minimum atomic E-state index is -0.480. The highest BCUT2D eigenvalue weighted by molar-refractivity contribution is 6.38. The van der Waals surface area contributed by atoms with Crippen LogP contribution in [-0.4, -0.2) is 34.2 Å². The number of fused-ring (bicyclic) bond motifs is 1. The minimum absolute atomic E-state index is 0.150. The van der Waals surface area contributed by atoms with Crippen molar-refractivity contribution in [3.05, 3.63) is 38.4 Å². The van der Waals surface area contributed by atoms with Crippen molar-refractivity contribution in [1.82, 2.24) is 14.9 Å². The molecule has 6 nitrogen and oxygen atoms in total. The number of ketones is 1. The summed E-state index contributed by atoms with van der Waals surface area (Å²) >= 11 is 12.1. The van der Waals surface area contributed by atoms with Crippen molar-refractivity contribution in [1.29, 1.82) is 0 Å². The third kappa shape index (κ3) is 2.97. The molecule has 3 rings (SSSR count). The Labute approximate surface area is 147 Å². The van der Waals surface area contributed by atoms with Gasteiger partial charge in [0.2, 0.25) is 5.78 Å². The Balaban J connectivity index is 2.00. The molecular formula is C16H15Cl2N3O3. The maximum Gasteiger partial charge on any atom is 0.261 e. The van der Waals surface area contributed by atoms with Crippen LogP contribution in [0.25, 0.3) is 10.9 Å². The molecule has 2 heterocycles. The molecule has 1 aromatic heterocycles. The number of nitrogens with zero attached hydrogens (tertiary/aromatic N) is 2. The van der Waals surface area contributed by atoms with E-state index in [1.54, 1.807) is 23.6 Å². The predicted octanol–water partition coefficient (Wildman–Crippen LogP) is 2.07. The Morgan fingerprint density at radius 1 is 1.38 bits per heavy atom. The van der Waals surface area contributed by atoms with E-state index >= 15 is 0 Å². The predicted molar refractivity (Wildman–Crippen MR) is 91.9 cm³/mol. The monoisotopic (exact) mass is 367 g/mol. The number of rotatable bonds is 3. The summed E-state index contributed by atoms with van der Waals surface area (Å²) in [5.74, 6) is 0.0800. The molecule has 2 unspecified atom stereocenters. The second kappa shape index (κ2) is 6.63. The fourth-order valence-electron chi connectivity index (χ4n) is 3.15. The number of aryl methyl sites for hydroxylation is 1. The number of Topliss-reactive ketones (excluding diaryl/α,β-unsaturated/α-hetero) is 1. The summed E-state index contributed by atoms with van der Waals surface area (Å²) in [5.41, 5.74) is 0.214. The van der Waals surface area contributed by atoms with Crippen LogP contribution < -0.4 is 10.9 Å². The van der Waals surface area contributed by atoms with E-state index in [1.165, 1.54) is 0 Å². The summed E-state index contributed by atoms with van der Waals surface area (Å²) in [6, 6.07) is 2.48. The second-order valence-electron chi connectivity index (χ2n) is 5.83. The van der Waals surface area contributed by atoms with Crippen LogP contribution in [0.2, 0.25) is 10.0 Å². The molecular weight excluding hydrogens is 353 g/mol. The Hall–Kier alpha value is -1.76. The average molecular weight is 368 g/mol. The molecule has 1 N–H and O–H groups in total. The molecule has 2 aromatic rings. The molecule has 1 fully saturated rings. The van der Waals surface area contributed by atoms with Gasteiger partial charge in [0, 0.05) is 11.6 Å². The smallest absolute Gasteiger partial charge is 0.261 e. The molecule has 1 aromatic carbocycles. The summed E-state index contributed by atoms with van der Waals surface area (Å²) < 4.78 is 1.60. The second-order valence-corrected chi connectivity index (χ2v) is 6.67. The summed E-state index contributed by atoms with van der Waals surface area (Å²) in [6.45, 7) is 2.15. The molecule has 24 heavy (non-hydrogen) atoms. The molecule has 1 saturated heterocycles. The number of halogens is 2. The van der Waals surface area contributed by atoms with Gasteiger partial charge in [0.1, 0.15) is 5.82 Å². The quantitative estimate of drug-likeness (QED) is 0.663. The number of benzene rings is 1. The van der Waals surface area contributed by atoms with Crippen molar-refractivity contribution in [2.45, 2.75) is 31.8 Å². The summed E-state index contributed by atoms with van der Waals surface area (Å²) in [6.07, 6.45) is 1.42. The number of piperidine rings is 1. The van der Waals surface area contributed by atoms with Gasteiger partial charge < -0.3 is 5.32 Å². The van der Waals surface area contributed by atoms with E-state index in [1.807, 2.05) is 0 Å². The van der Waals surface area contributed by atoms with E-state index in [4.69, 9.17) is 23.2 Å². The van der Waals surface area contributed by atoms with Crippen LogP contribution in [0.4, 0.5) is 0 Å². The number of carbonyl (C=O) groups excluding carboxylic acids is 2. The van der Waals surface area contributed by atoms with Gasteiger partial charge in [-0.3, -0.25) is 19.0 Å². The zero-order valence-electron chi connectivity index (χ0n) is 12.9. The van der Waals surface area contributed by atoms with Gasteiger partial charge in [0.15, 0.2) is 6.29 Å². The van der Waals surface area contributed by atoms with Crippen LogP contribution in [0.5, 0.6) is 0 Å². The van der Waals surface area contributed by atoms with Crippen LogP contribution in [0, 0.1) is 6.92 Å². The van der Waals surface area contributed by atoms with E-state index < -0.39 is 11.8 Å². The van der Waals surface area contributed by atoms with Crippen LogP contribution in [0.15, 0.2) is 16.9 Å². The Bertz CT molecular complexity index is 886. The van der Waals surface area contributed by atoms with Crippen molar-refractivity contribution in [2.24, 2.45) is 0 Å². The van der Waals surface area contributed by atoms with Gasteiger partial charge in [-0.05, 0) is 31.9 Å². The molecule has 0 bridgehead atoms. The molecule has 8 heteroatoms. The lowest BCUT2D eigenvalue weighted by Crippen LogP contribution is -2.47. The number of hydrogen-bond acceptors (Lipinski definition) is 5. The van der Waals surface area contributed by atoms with Crippen LogP contribution >= 0.6 is 23.2 Å². The molecule has 0 aliphatic carbocycles. The number of aromatic nitrogens is 2. The van der Waals surface area contributed by atoms with E-state index in [-0.39, 0.29) is 11.6 Å². The van der Waals surface area contributed by atoms with Crippen LogP contribution in [-0.2, 0) is 9.59 Å². The number of nitrogens with one attached hydrogen (secondary N) is 1. The zero-order chi connectivity index (χ0) is 17.4. The van der Waals surface area contributed by atoms with Gasteiger partial charge in [-0.25, -0.2) is 4.98 Å². The highest BCUT2D eigenvalue weighted by Crippen LogP contribution is 2.26. The third-order valence-corrected chi connectivity index (χ3v) is 4.82. The fourth-order valence-corrected chi connectivity index (χ4v) is 3.69. The van der Waals surface area contributed by atoms with Crippen molar-refractivity contribution in [2.75, 3.05) is 6.54 Å². The first kappa shape index (κ1) is 17.1. The van der Waals surface area contributed by atoms with Crippen molar-refractivity contribution in [3.8, 4) is 0 Å². The normalized spacial score (nSPS) is 21.0. The minimum Gasteiger partial charge on any atom is -0.305 e. The van der Waals surface area contributed by atoms with Crippen LogP contribution in [0.3, 0.4) is 0 Å². The van der Waals surface area contributed by atoms with E-state index in [9.17, 15) is 14.4 Å². The lowest BCUT2D eigenvalue weighted by molar-refractivity contribution is -0.131. The molecule has 0 saturated carbocycles. The highest BCUT2D eigenvalue weighted by Gasteiger charge is 2.28. The maximum absolute atomic E-state index is 12.9. The largest absolute Gasteiger partial charge is 0.305 e. The molecule has 0 radical (unpaired) electrons. The average Bonchev–Trinajstić information content (AvgIpc) is 2.56. The first-order valence-corrected chi connectivity index (χ1v) is 8.28. The van der Waals surface area contributed by atoms with E-state index in [0.29, 0.717) is 52.4 Å². The maximum atomic E-state index is 12.9. The van der Waals surface area contributed by atoms with E-state index in [2.05, 4.69) is 10.3 Å². The first-order valence-electron chi connectivity index (χ1n) is 7.52. The number of carbonyl (C=O) groups is 2. The standard InChI is InChI=1S/C16H15Cl2N3O3/c1-8-20-15-11(4-9(17)5-12(15)18)16(24)21(8)10-2-3-13(19-6-10)14(23)7-22/h4-5,7,10,13,19H,2-3,6H2,1H3. The van der Waals surface area contributed by atoms with Crippen molar-refractivity contribution < 1.29 is 9.59 Å². The van der Waals surface area contributed by atoms with Crippen molar-refractivity contribution in [3.63, 3.8) is 0 Å². The zero-order valence-corrected chi connectivity index (χ0v) is 14.4. The first-order chi connectivity index (χ1) is 11.4. The third-order valence-electron chi connectivity index (χ3n) is 4.31. The molecule has 0 amide bonds. The van der Waals surface area contributed by atoms with Gasteiger partial charge in [-0.2, -0.15) is 0 Å². The fraction of sp³-hybridized carbons (Fsp3) is 0.375. The van der Waals surface area contributed by atoms with Gasteiger partial charge in [0.05, 0.1) is 28.0 Å². The molecule has 1 aliphatic heterocycles. The molecule has 1 aliphatic rings. The molecule has 2 atom stereocenters. The van der Waals surface area contributed by atoms with Crippen LogP contribution in [0.1, 0.15) is 24.7 Å². The SMILES string of the molecule is Cc1nc2c(Cl)cc(Cl)cc2c(=O)n1C1CCC(C(=O)C=O)NC1. The number of aldehydes is 1. The molecule has 126 valence electrons. The Morgan fingerprint density at radius 2 is 2.12 bits per heavy atom. The van der Waals surface area contributed by atoms with Gasteiger partial charge >= 0.3 is 0 Å². The highest BCUT2D eigenvalue weighted by atomic mass is 35.5.